The van der Waals surface area contributed by atoms with Crippen molar-refractivity contribution in [2.24, 2.45) is 0 Å². The molecule has 0 amide bonds. The molecule has 0 atom stereocenters. The third-order valence-corrected chi connectivity index (χ3v) is 3.70. The minimum absolute atomic E-state index is 0.146. The predicted molar refractivity (Wildman–Crippen MR) is 81.3 cm³/mol. The van der Waals surface area contributed by atoms with Crippen LogP contribution in [0, 0.1) is 11.2 Å². The molecule has 0 unspecified atom stereocenters. The van der Waals surface area contributed by atoms with Gasteiger partial charge in [0.2, 0.25) is 0 Å². The number of ketones is 1. The molecule has 1 aliphatic rings. The molecule has 0 spiro atoms. The Balaban J connectivity index is 1.99. The third kappa shape index (κ3) is 2.70. The second-order valence-electron chi connectivity index (χ2n) is 5.15. The van der Waals surface area contributed by atoms with Crippen LogP contribution < -0.4 is 5.32 Å². The second kappa shape index (κ2) is 5.48. The van der Waals surface area contributed by atoms with Gasteiger partial charge in [0, 0.05) is 35.1 Å². The van der Waals surface area contributed by atoms with E-state index in [0.717, 1.165) is 35.3 Å². The molecule has 1 aliphatic carbocycles. The number of rotatable bonds is 3. The SMILES string of the molecule is N=Cc1cc2c(cc1Nc1ccc(F)cc1)CCCC2=O. The lowest BCUT2D eigenvalue weighted by atomic mass is 9.88. The molecule has 3 rings (SSSR count). The molecule has 0 radical (unpaired) electrons. The van der Waals surface area contributed by atoms with Gasteiger partial charge in [-0.25, -0.2) is 4.39 Å². The Morgan fingerprint density at radius 1 is 1.14 bits per heavy atom. The zero-order chi connectivity index (χ0) is 14.8. The molecule has 0 aliphatic heterocycles. The van der Waals surface area contributed by atoms with Crippen LogP contribution in [0.2, 0.25) is 0 Å². The minimum atomic E-state index is -0.288. The first-order chi connectivity index (χ1) is 10.2. The summed E-state index contributed by atoms with van der Waals surface area (Å²) in [5, 5.41) is 10.7. The molecular weight excluding hydrogens is 267 g/mol. The van der Waals surface area contributed by atoms with Gasteiger partial charge in [0.15, 0.2) is 5.78 Å². The quantitative estimate of drug-likeness (QED) is 0.833. The molecule has 106 valence electrons. The van der Waals surface area contributed by atoms with Crippen LogP contribution in [0.15, 0.2) is 36.4 Å². The molecule has 21 heavy (non-hydrogen) atoms. The number of anilines is 2. The summed E-state index contributed by atoms with van der Waals surface area (Å²) in [5.41, 5.74) is 3.92. The average Bonchev–Trinajstić information content (AvgIpc) is 2.49. The van der Waals surface area contributed by atoms with E-state index in [1.165, 1.54) is 18.3 Å². The Morgan fingerprint density at radius 3 is 2.62 bits per heavy atom. The number of hydrogen-bond acceptors (Lipinski definition) is 3. The van der Waals surface area contributed by atoms with Crippen molar-refractivity contribution in [2.45, 2.75) is 19.3 Å². The second-order valence-corrected chi connectivity index (χ2v) is 5.15. The number of carbonyl (C=O) groups excluding carboxylic acids is 1. The minimum Gasteiger partial charge on any atom is -0.355 e. The third-order valence-electron chi connectivity index (χ3n) is 3.70. The Hall–Kier alpha value is -2.49. The number of aryl methyl sites for hydroxylation is 1. The summed E-state index contributed by atoms with van der Waals surface area (Å²) >= 11 is 0. The van der Waals surface area contributed by atoms with Gasteiger partial charge in [0.05, 0.1) is 0 Å². The number of benzene rings is 2. The van der Waals surface area contributed by atoms with E-state index in [4.69, 9.17) is 5.41 Å². The molecule has 2 N–H and O–H groups in total. The number of Topliss-reactive ketones (excluding diaryl/α,β-unsaturated/α-hetero) is 1. The van der Waals surface area contributed by atoms with Gasteiger partial charge in [0.25, 0.3) is 0 Å². The molecule has 3 nitrogen and oxygen atoms in total. The fourth-order valence-corrected chi connectivity index (χ4v) is 2.62. The standard InChI is InChI=1S/C17H15FN2O/c18-13-4-6-14(7-5-13)20-16-9-11-2-1-3-17(21)15(11)8-12(16)10-19/h4-10,19-20H,1-3H2. The summed E-state index contributed by atoms with van der Waals surface area (Å²) in [6.45, 7) is 0. The first-order valence-corrected chi connectivity index (χ1v) is 6.90. The van der Waals surface area contributed by atoms with Gasteiger partial charge in [-0.15, -0.1) is 0 Å². The molecule has 0 heterocycles. The van der Waals surface area contributed by atoms with Gasteiger partial charge < -0.3 is 10.7 Å². The van der Waals surface area contributed by atoms with E-state index in [1.54, 1.807) is 18.2 Å². The smallest absolute Gasteiger partial charge is 0.163 e. The first kappa shape index (κ1) is 13.5. The Morgan fingerprint density at radius 2 is 1.90 bits per heavy atom. The van der Waals surface area contributed by atoms with E-state index >= 15 is 0 Å². The summed E-state index contributed by atoms with van der Waals surface area (Å²) in [4.78, 5) is 11.9. The van der Waals surface area contributed by atoms with Crippen molar-refractivity contribution in [2.75, 3.05) is 5.32 Å². The molecule has 0 saturated carbocycles. The van der Waals surface area contributed by atoms with Gasteiger partial charge in [-0.05, 0) is 54.8 Å². The number of carbonyl (C=O) groups is 1. The zero-order valence-corrected chi connectivity index (χ0v) is 11.4. The van der Waals surface area contributed by atoms with E-state index in [9.17, 15) is 9.18 Å². The monoisotopic (exact) mass is 282 g/mol. The van der Waals surface area contributed by atoms with Crippen molar-refractivity contribution in [3.05, 3.63) is 58.9 Å². The average molecular weight is 282 g/mol. The van der Waals surface area contributed by atoms with Crippen LogP contribution in [0.5, 0.6) is 0 Å². The Labute approximate surface area is 122 Å². The molecule has 0 fully saturated rings. The van der Waals surface area contributed by atoms with Gasteiger partial charge in [-0.3, -0.25) is 4.79 Å². The highest BCUT2D eigenvalue weighted by atomic mass is 19.1. The zero-order valence-electron chi connectivity index (χ0n) is 11.4. The number of halogens is 1. The van der Waals surface area contributed by atoms with E-state index in [1.807, 2.05) is 6.07 Å². The van der Waals surface area contributed by atoms with E-state index in [2.05, 4.69) is 5.32 Å². The van der Waals surface area contributed by atoms with E-state index < -0.39 is 0 Å². The van der Waals surface area contributed by atoms with Crippen molar-refractivity contribution in [3.8, 4) is 0 Å². The molecule has 0 aromatic heterocycles. The molecule has 0 saturated heterocycles. The summed E-state index contributed by atoms with van der Waals surface area (Å²) < 4.78 is 12.9. The summed E-state index contributed by atoms with van der Waals surface area (Å²) in [5.74, 6) is -0.142. The van der Waals surface area contributed by atoms with Gasteiger partial charge in [0.1, 0.15) is 5.82 Å². The van der Waals surface area contributed by atoms with Crippen molar-refractivity contribution in [1.29, 1.82) is 5.41 Å². The lowest BCUT2D eigenvalue weighted by Crippen LogP contribution is -2.12. The maximum absolute atomic E-state index is 12.9. The van der Waals surface area contributed by atoms with Crippen LogP contribution in [-0.2, 0) is 6.42 Å². The van der Waals surface area contributed by atoms with Gasteiger partial charge in [-0.2, -0.15) is 0 Å². The Bertz CT molecular complexity index is 707. The maximum atomic E-state index is 12.9. The molecule has 0 bridgehead atoms. The van der Waals surface area contributed by atoms with Crippen LogP contribution in [0.25, 0.3) is 0 Å². The number of nitrogens with one attached hydrogen (secondary N) is 2. The van der Waals surface area contributed by atoms with Crippen molar-refractivity contribution < 1.29 is 9.18 Å². The topological polar surface area (TPSA) is 53.0 Å². The highest BCUT2D eigenvalue weighted by Crippen LogP contribution is 2.29. The predicted octanol–water partition coefficient (Wildman–Crippen LogP) is 4.09. The van der Waals surface area contributed by atoms with Crippen LogP contribution in [0.1, 0.15) is 34.3 Å². The molecule has 4 heteroatoms. The fraction of sp³-hybridized carbons (Fsp3) is 0.176. The van der Waals surface area contributed by atoms with Crippen molar-refractivity contribution in [3.63, 3.8) is 0 Å². The normalized spacial score (nSPS) is 13.7. The van der Waals surface area contributed by atoms with Crippen LogP contribution >= 0.6 is 0 Å². The molecule has 2 aromatic carbocycles. The number of fused-ring (bicyclic) bond motifs is 1. The van der Waals surface area contributed by atoms with Crippen LogP contribution in [-0.4, -0.2) is 12.0 Å². The van der Waals surface area contributed by atoms with Crippen LogP contribution in [0.4, 0.5) is 15.8 Å². The summed E-state index contributed by atoms with van der Waals surface area (Å²) in [6.07, 6.45) is 3.55. The lowest BCUT2D eigenvalue weighted by Gasteiger charge is -2.18. The Kier molecular flexibility index (Phi) is 3.52. The lowest BCUT2D eigenvalue weighted by molar-refractivity contribution is 0.0972. The summed E-state index contributed by atoms with van der Waals surface area (Å²) in [6, 6.07) is 9.76. The van der Waals surface area contributed by atoms with Gasteiger partial charge >= 0.3 is 0 Å². The summed E-state index contributed by atoms with van der Waals surface area (Å²) in [7, 11) is 0. The van der Waals surface area contributed by atoms with E-state index in [-0.39, 0.29) is 11.6 Å². The first-order valence-electron chi connectivity index (χ1n) is 6.90. The highest BCUT2D eigenvalue weighted by molar-refractivity contribution is 6.01. The van der Waals surface area contributed by atoms with E-state index in [0.29, 0.717) is 12.0 Å². The largest absolute Gasteiger partial charge is 0.355 e. The fourth-order valence-electron chi connectivity index (χ4n) is 2.62. The molecular formula is C17H15FN2O. The van der Waals surface area contributed by atoms with Crippen LogP contribution in [0.3, 0.4) is 0 Å². The van der Waals surface area contributed by atoms with Crippen molar-refractivity contribution >= 4 is 23.4 Å². The molecule has 2 aromatic rings. The van der Waals surface area contributed by atoms with Gasteiger partial charge in [-0.1, -0.05) is 0 Å². The highest BCUT2D eigenvalue weighted by Gasteiger charge is 2.19. The van der Waals surface area contributed by atoms with Crippen molar-refractivity contribution in [1.82, 2.24) is 0 Å². The maximum Gasteiger partial charge on any atom is 0.163 e. The number of hydrogen-bond donors (Lipinski definition) is 2.